The fraction of sp³-hybridized carbons (Fsp3) is 0.188. The third-order valence-electron chi connectivity index (χ3n) is 3.64. The Morgan fingerprint density at radius 1 is 1.15 bits per heavy atom. The minimum Gasteiger partial charge on any atom is -0.397 e. The van der Waals surface area contributed by atoms with E-state index >= 15 is 0 Å². The molecule has 0 aliphatic carbocycles. The van der Waals surface area contributed by atoms with Crippen LogP contribution in [-0.2, 0) is 17.8 Å². The van der Waals surface area contributed by atoms with Gasteiger partial charge in [0.2, 0.25) is 5.91 Å². The van der Waals surface area contributed by atoms with E-state index in [4.69, 9.17) is 11.5 Å². The summed E-state index contributed by atoms with van der Waals surface area (Å²) in [6.07, 6.45) is 0.399. The summed E-state index contributed by atoms with van der Waals surface area (Å²) in [5.74, 6) is 0.0477. The number of fused-ring (bicyclic) bond motifs is 1. The van der Waals surface area contributed by atoms with Gasteiger partial charge in [0, 0.05) is 6.54 Å². The first-order chi connectivity index (χ1) is 9.60. The summed E-state index contributed by atoms with van der Waals surface area (Å²) in [7, 11) is 0. The molecule has 0 saturated heterocycles. The second-order valence-electron chi connectivity index (χ2n) is 5.14. The average molecular weight is 267 g/mol. The van der Waals surface area contributed by atoms with Crippen molar-refractivity contribution >= 4 is 23.0 Å². The van der Waals surface area contributed by atoms with Gasteiger partial charge in [0.15, 0.2) is 0 Å². The Labute approximate surface area is 118 Å². The number of nitrogen functional groups attached to an aromatic ring is 1. The molecule has 102 valence electrons. The van der Waals surface area contributed by atoms with Crippen molar-refractivity contribution in [1.29, 1.82) is 0 Å². The molecule has 1 amide bonds. The van der Waals surface area contributed by atoms with Crippen molar-refractivity contribution in [3.63, 3.8) is 0 Å². The predicted octanol–water partition coefficient (Wildman–Crippen LogP) is 2.26. The number of rotatable bonds is 2. The van der Waals surface area contributed by atoms with Gasteiger partial charge in [-0.2, -0.15) is 0 Å². The number of hydrogen-bond acceptors (Lipinski definition) is 3. The second-order valence-corrected chi connectivity index (χ2v) is 5.14. The van der Waals surface area contributed by atoms with E-state index in [0.717, 1.165) is 28.1 Å². The van der Waals surface area contributed by atoms with Crippen LogP contribution in [0.15, 0.2) is 36.4 Å². The van der Waals surface area contributed by atoms with Crippen molar-refractivity contribution in [2.75, 3.05) is 10.6 Å². The molecule has 2 aromatic carbocycles. The maximum atomic E-state index is 12.3. The molecule has 0 spiro atoms. The van der Waals surface area contributed by atoms with Crippen molar-refractivity contribution in [1.82, 2.24) is 0 Å². The molecule has 4 nitrogen and oxygen atoms in total. The highest BCUT2D eigenvalue weighted by atomic mass is 16.2. The summed E-state index contributed by atoms with van der Waals surface area (Å²) in [5.41, 5.74) is 17.1. The maximum Gasteiger partial charge on any atom is 0.236 e. The Kier molecular flexibility index (Phi) is 2.95. The smallest absolute Gasteiger partial charge is 0.236 e. The van der Waals surface area contributed by atoms with E-state index in [0.29, 0.717) is 18.7 Å². The number of benzene rings is 2. The van der Waals surface area contributed by atoms with Gasteiger partial charge in [-0.3, -0.25) is 9.69 Å². The molecule has 1 aliphatic rings. The summed E-state index contributed by atoms with van der Waals surface area (Å²) < 4.78 is 0. The lowest BCUT2D eigenvalue weighted by Gasteiger charge is -2.20. The quantitative estimate of drug-likeness (QED) is 0.820. The number of nitrogens with zero attached hydrogens (tertiary/aromatic N) is 1. The minimum absolute atomic E-state index is 0.0477. The van der Waals surface area contributed by atoms with Crippen molar-refractivity contribution in [2.24, 2.45) is 5.73 Å². The van der Waals surface area contributed by atoms with Crippen LogP contribution in [-0.4, -0.2) is 5.91 Å². The molecule has 4 N–H and O–H groups in total. The molecule has 1 aliphatic heterocycles. The zero-order valence-corrected chi connectivity index (χ0v) is 11.4. The molecule has 20 heavy (non-hydrogen) atoms. The highest BCUT2D eigenvalue weighted by Crippen LogP contribution is 2.38. The number of amides is 1. The van der Waals surface area contributed by atoms with Crippen LogP contribution in [0.4, 0.5) is 17.1 Å². The van der Waals surface area contributed by atoms with Crippen molar-refractivity contribution in [3.8, 4) is 0 Å². The molecule has 3 rings (SSSR count). The van der Waals surface area contributed by atoms with Gasteiger partial charge in [-0.25, -0.2) is 0 Å². The molecular weight excluding hydrogens is 250 g/mol. The molecule has 0 atom stereocenters. The van der Waals surface area contributed by atoms with Crippen LogP contribution < -0.4 is 16.4 Å². The predicted molar refractivity (Wildman–Crippen MR) is 80.8 cm³/mol. The zero-order valence-electron chi connectivity index (χ0n) is 11.4. The van der Waals surface area contributed by atoms with Crippen LogP contribution in [0.3, 0.4) is 0 Å². The first-order valence-corrected chi connectivity index (χ1v) is 6.61. The molecule has 0 aromatic heterocycles. The Hall–Kier alpha value is -2.33. The molecule has 0 bridgehead atoms. The lowest BCUT2D eigenvalue weighted by atomic mass is 10.1. The second kappa shape index (κ2) is 4.65. The number of hydrogen-bond donors (Lipinski definition) is 2. The SMILES string of the molecule is Cc1ccc(N)c(N2C(=O)Cc3cc(CN)ccc32)c1. The summed E-state index contributed by atoms with van der Waals surface area (Å²) in [5, 5.41) is 0. The van der Waals surface area contributed by atoms with Gasteiger partial charge in [-0.05, 0) is 41.8 Å². The molecule has 2 aromatic rings. The van der Waals surface area contributed by atoms with E-state index in [9.17, 15) is 4.79 Å². The van der Waals surface area contributed by atoms with E-state index in [-0.39, 0.29) is 5.91 Å². The minimum atomic E-state index is 0.0477. The van der Waals surface area contributed by atoms with Gasteiger partial charge < -0.3 is 11.5 Å². The van der Waals surface area contributed by atoms with E-state index < -0.39 is 0 Å². The van der Waals surface area contributed by atoms with Gasteiger partial charge in [0.05, 0.1) is 23.5 Å². The number of anilines is 3. The molecule has 4 heteroatoms. The largest absolute Gasteiger partial charge is 0.397 e. The Morgan fingerprint density at radius 3 is 2.70 bits per heavy atom. The molecular formula is C16H17N3O. The van der Waals surface area contributed by atoms with Gasteiger partial charge in [-0.15, -0.1) is 0 Å². The third-order valence-corrected chi connectivity index (χ3v) is 3.64. The Morgan fingerprint density at radius 2 is 1.95 bits per heavy atom. The molecule has 0 fully saturated rings. The monoisotopic (exact) mass is 267 g/mol. The van der Waals surface area contributed by atoms with E-state index in [1.807, 2.05) is 43.3 Å². The van der Waals surface area contributed by atoms with Gasteiger partial charge >= 0.3 is 0 Å². The Balaban J connectivity index is 2.12. The normalized spacial score (nSPS) is 13.7. The fourth-order valence-electron chi connectivity index (χ4n) is 2.61. The first kappa shape index (κ1) is 12.7. The van der Waals surface area contributed by atoms with Crippen molar-refractivity contribution in [3.05, 3.63) is 53.1 Å². The van der Waals surface area contributed by atoms with E-state index in [1.165, 1.54) is 0 Å². The summed E-state index contributed by atoms with van der Waals surface area (Å²) in [6, 6.07) is 11.6. The molecule has 0 unspecified atom stereocenters. The third kappa shape index (κ3) is 1.94. The summed E-state index contributed by atoms with van der Waals surface area (Å²) >= 11 is 0. The van der Waals surface area contributed by atoms with Crippen LogP contribution in [0.2, 0.25) is 0 Å². The number of carbonyl (C=O) groups is 1. The maximum absolute atomic E-state index is 12.3. The lowest BCUT2D eigenvalue weighted by Crippen LogP contribution is -2.22. The molecule has 0 saturated carbocycles. The summed E-state index contributed by atoms with van der Waals surface area (Å²) in [4.78, 5) is 14.0. The van der Waals surface area contributed by atoms with Gasteiger partial charge in [-0.1, -0.05) is 18.2 Å². The lowest BCUT2D eigenvalue weighted by molar-refractivity contribution is -0.116. The highest BCUT2D eigenvalue weighted by Gasteiger charge is 2.29. The number of aryl methyl sites for hydroxylation is 1. The van der Waals surface area contributed by atoms with Crippen LogP contribution in [0, 0.1) is 6.92 Å². The van der Waals surface area contributed by atoms with Gasteiger partial charge in [0.1, 0.15) is 0 Å². The standard InChI is InChI=1S/C16H17N3O/c1-10-2-4-13(18)15(6-10)19-14-5-3-11(9-17)7-12(14)8-16(19)20/h2-7H,8-9,17-18H2,1H3. The summed E-state index contributed by atoms with van der Waals surface area (Å²) in [6.45, 7) is 2.47. The average Bonchev–Trinajstić information content (AvgIpc) is 2.76. The van der Waals surface area contributed by atoms with Crippen LogP contribution >= 0.6 is 0 Å². The van der Waals surface area contributed by atoms with Gasteiger partial charge in [0.25, 0.3) is 0 Å². The zero-order chi connectivity index (χ0) is 14.3. The first-order valence-electron chi connectivity index (χ1n) is 6.61. The topological polar surface area (TPSA) is 72.3 Å². The molecule has 1 heterocycles. The van der Waals surface area contributed by atoms with E-state index in [1.54, 1.807) is 4.90 Å². The van der Waals surface area contributed by atoms with Crippen LogP contribution in [0.5, 0.6) is 0 Å². The highest BCUT2D eigenvalue weighted by molar-refractivity contribution is 6.09. The number of nitrogens with two attached hydrogens (primary N) is 2. The van der Waals surface area contributed by atoms with Crippen molar-refractivity contribution in [2.45, 2.75) is 19.9 Å². The van der Waals surface area contributed by atoms with Crippen LogP contribution in [0.1, 0.15) is 16.7 Å². The molecule has 0 radical (unpaired) electrons. The number of carbonyl (C=O) groups excluding carboxylic acids is 1. The van der Waals surface area contributed by atoms with E-state index in [2.05, 4.69) is 0 Å². The fourth-order valence-corrected chi connectivity index (χ4v) is 2.61. The Bertz CT molecular complexity index is 694. The van der Waals surface area contributed by atoms with Crippen LogP contribution in [0.25, 0.3) is 0 Å². The van der Waals surface area contributed by atoms with Crippen molar-refractivity contribution < 1.29 is 4.79 Å².